The van der Waals surface area contributed by atoms with Crippen molar-refractivity contribution in [2.75, 3.05) is 7.11 Å². The molecule has 18 heavy (non-hydrogen) atoms. The molecule has 1 aromatic carbocycles. The number of methoxy groups -OCH3 is 1. The van der Waals surface area contributed by atoms with Crippen LogP contribution in [0.4, 0.5) is 4.39 Å². The Balaban J connectivity index is 2.48. The summed E-state index contributed by atoms with van der Waals surface area (Å²) in [7, 11) is 2.25. The number of β-lactam (4-membered cyclic amide) rings is 1. The molecule has 0 aliphatic carbocycles. The summed E-state index contributed by atoms with van der Waals surface area (Å²) >= 11 is 0. The molecule has 0 radical (unpaired) electrons. The van der Waals surface area contributed by atoms with E-state index in [0.717, 1.165) is 0 Å². The van der Waals surface area contributed by atoms with Crippen LogP contribution in [0, 0.1) is 5.82 Å². The SMILES string of the molecule is COc1cccc(F)c1C1CC(=O)N1S(=O)(=O)Cl. The Morgan fingerprint density at radius 1 is 1.50 bits per heavy atom. The minimum absolute atomic E-state index is 0.0174. The number of benzene rings is 1. The van der Waals surface area contributed by atoms with E-state index < -0.39 is 27.0 Å². The van der Waals surface area contributed by atoms with Gasteiger partial charge in [0.05, 0.1) is 25.1 Å². The van der Waals surface area contributed by atoms with Gasteiger partial charge in [-0.2, -0.15) is 8.42 Å². The van der Waals surface area contributed by atoms with Gasteiger partial charge in [0.25, 0.3) is 0 Å². The maximum absolute atomic E-state index is 13.7. The van der Waals surface area contributed by atoms with Crippen molar-refractivity contribution < 1.29 is 22.3 Å². The van der Waals surface area contributed by atoms with Crippen LogP contribution in [-0.2, 0) is 14.0 Å². The number of hydrogen-bond acceptors (Lipinski definition) is 4. The van der Waals surface area contributed by atoms with E-state index in [2.05, 4.69) is 0 Å². The second-order valence-corrected chi connectivity index (χ2v) is 6.09. The van der Waals surface area contributed by atoms with Crippen molar-refractivity contribution in [1.29, 1.82) is 0 Å². The molecule has 1 aliphatic heterocycles. The van der Waals surface area contributed by atoms with Crippen LogP contribution >= 0.6 is 10.7 Å². The van der Waals surface area contributed by atoms with Gasteiger partial charge in [-0.1, -0.05) is 6.07 Å². The van der Waals surface area contributed by atoms with Gasteiger partial charge >= 0.3 is 9.24 Å². The topological polar surface area (TPSA) is 63.7 Å². The zero-order valence-corrected chi connectivity index (χ0v) is 10.8. The predicted molar refractivity (Wildman–Crippen MR) is 61.9 cm³/mol. The van der Waals surface area contributed by atoms with Crippen molar-refractivity contribution in [2.24, 2.45) is 0 Å². The van der Waals surface area contributed by atoms with E-state index in [1.807, 2.05) is 0 Å². The van der Waals surface area contributed by atoms with Gasteiger partial charge in [-0.25, -0.2) is 8.70 Å². The average Bonchev–Trinajstić information content (AvgIpc) is 2.23. The van der Waals surface area contributed by atoms with Crippen LogP contribution in [0.15, 0.2) is 18.2 Å². The third-order valence-corrected chi connectivity index (χ3v) is 4.07. The molecule has 1 aromatic rings. The Labute approximate surface area is 108 Å². The van der Waals surface area contributed by atoms with E-state index >= 15 is 0 Å². The third kappa shape index (κ3) is 2.04. The highest BCUT2D eigenvalue weighted by Crippen LogP contribution is 2.42. The molecule has 8 heteroatoms. The molecule has 1 aliphatic rings. The Kier molecular flexibility index (Phi) is 3.20. The number of carbonyl (C=O) groups excluding carboxylic acids is 1. The highest BCUT2D eigenvalue weighted by molar-refractivity contribution is 8.12. The lowest BCUT2D eigenvalue weighted by atomic mass is 9.96. The molecule has 1 atom stereocenters. The number of carbonyl (C=O) groups is 1. The highest BCUT2D eigenvalue weighted by atomic mass is 35.7. The fourth-order valence-electron chi connectivity index (χ4n) is 1.91. The summed E-state index contributed by atoms with van der Waals surface area (Å²) < 4.78 is 41.6. The molecule has 1 fully saturated rings. The normalized spacial score (nSPS) is 19.6. The first-order chi connectivity index (χ1) is 8.36. The summed E-state index contributed by atoms with van der Waals surface area (Å²) in [6, 6.07) is 3.13. The van der Waals surface area contributed by atoms with Gasteiger partial charge in [0.1, 0.15) is 11.6 Å². The van der Waals surface area contributed by atoms with E-state index in [9.17, 15) is 17.6 Å². The van der Waals surface area contributed by atoms with E-state index in [1.54, 1.807) is 0 Å². The highest BCUT2D eigenvalue weighted by Gasteiger charge is 2.46. The molecule has 2 rings (SSSR count). The van der Waals surface area contributed by atoms with Crippen molar-refractivity contribution in [3.63, 3.8) is 0 Å². The van der Waals surface area contributed by atoms with Crippen LogP contribution in [0.1, 0.15) is 18.0 Å². The molecule has 98 valence electrons. The first kappa shape index (κ1) is 13.1. The Morgan fingerprint density at radius 3 is 2.67 bits per heavy atom. The van der Waals surface area contributed by atoms with Gasteiger partial charge in [-0.05, 0) is 12.1 Å². The lowest BCUT2D eigenvalue weighted by Crippen LogP contribution is -2.48. The van der Waals surface area contributed by atoms with Gasteiger partial charge in [-0.3, -0.25) is 4.79 Å². The van der Waals surface area contributed by atoms with E-state index in [0.29, 0.717) is 4.31 Å². The Bertz CT molecular complexity index is 604. The van der Waals surface area contributed by atoms with Crippen molar-refractivity contribution in [2.45, 2.75) is 12.5 Å². The Hall–Kier alpha value is -1.34. The quantitative estimate of drug-likeness (QED) is 0.627. The number of ether oxygens (including phenoxy) is 1. The van der Waals surface area contributed by atoms with Crippen LogP contribution in [0.2, 0.25) is 0 Å². The van der Waals surface area contributed by atoms with Gasteiger partial charge in [-0.15, -0.1) is 0 Å². The monoisotopic (exact) mass is 293 g/mol. The number of amides is 1. The van der Waals surface area contributed by atoms with Crippen molar-refractivity contribution >= 4 is 25.8 Å². The summed E-state index contributed by atoms with van der Waals surface area (Å²) in [5.74, 6) is -1.13. The zero-order chi connectivity index (χ0) is 13.5. The molecule has 0 spiro atoms. The molecular formula is C10H9ClFNO4S. The molecule has 1 amide bonds. The van der Waals surface area contributed by atoms with E-state index in [1.165, 1.54) is 25.3 Å². The number of rotatable bonds is 3. The fraction of sp³-hybridized carbons (Fsp3) is 0.300. The molecule has 5 nitrogen and oxygen atoms in total. The number of hydrogen-bond donors (Lipinski definition) is 0. The van der Waals surface area contributed by atoms with Crippen LogP contribution in [-0.4, -0.2) is 25.7 Å². The van der Waals surface area contributed by atoms with Crippen LogP contribution < -0.4 is 4.74 Å². The fourth-order valence-corrected chi connectivity index (χ4v) is 3.23. The summed E-state index contributed by atoms with van der Waals surface area (Å²) in [5, 5.41) is 0. The van der Waals surface area contributed by atoms with Crippen LogP contribution in [0.25, 0.3) is 0 Å². The summed E-state index contributed by atoms with van der Waals surface area (Å²) in [6.07, 6.45) is -0.122. The lowest BCUT2D eigenvalue weighted by molar-refractivity contribution is -0.137. The van der Waals surface area contributed by atoms with Crippen molar-refractivity contribution in [3.8, 4) is 5.75 Å². The lowest BCUT2D eigenvalue weighted by Gasteiger charge is -2.37. The summed E-state index contributed by atoms with van der Waals surface area (Å²) in [4.78, 5) is 11.3. The van der Waals surface area contributed by atoms with Gasteiger partial charge < -0.3 is 4.74 Å². The number of halogens is 2. The second-order valence-electron chi connectivity index (χ2n) is 3.71. The largest absolute Gasteiger partial charge is 0.496 e. The molecule has 0 aromatic heterocycles. The Morgan fingerprint density at radius 2 is 2.17 bits per heavy atom. The van der Waals surface area contributed by atoms with E-state index in [4.69, 9.17) is 15.4 Å². The molecule has 0 bridgehead atoms. The van der Waals surface area contributed by atoms with Crippen molar-refractivity contribution in [1.82, 2.24) is 4.31 Å². The first-order valence-corrected chi connectivity index (χ1v) is 7.22. The van der Waals surface area contributed by atoms with Gasteiger partial charge in [0.15, 0.2) is 0 Å². The first-order valence-electron chi connectivity index (χ1n) is 4.95. The van der Waals surface area contributed by atoms with E-state index in [-0.39, 0.29) is 17.7 Å². The molecular weight excluding hydrogens is 285 g/mol. The average molecular weight is 294 g/mol. The third-order valence-electron chi connectivity index (χ3n) is 2.70. The molecule has 0 saturated carbocycles. The van der Waals surface area contributed by atoms with Crippen molar-refractivity contribution in [3.05, 3.63) is 29.6 Å². The van der Waals surface area contributed by atoms with Gasteiger partial charge in [0.2, 0.25) is 5.91 Å². The van der Waals surface area contributed by atoms with Crippen LogP contribution in [0.3, 0.4) is 0 Å². The minimum Gasteiger partial charge on any atom is -0.496 e. The maximum atomic E-state index is 13.7. The smallest absolute Gasteiger partial charge is 0.324 e. The molecule has 0 N–H and O–H groups in total. The summed E-state index contributed by atoms with van der Waals surface area (Å²) in [5.41, 5.74) is 0.0174. The maximum Gasteiger partial charge on any atom is 0.324 e. The zero-order valence-electron chi connectivity index (χ0n) is 9.26. The summed E-state index contributed by atoms with van der Waals surface area (Å²) in [6.45, 7) is 0. The standard InChI is InChI=1S/C10H9ClFNO4S/c1-17-8-4-2-3-6(12)10(8)7-5-9(14)13(7)18(11,15)16/h2-4,7H,5H2,1H3. The molecule has 1 heterocycles. The van der Waals surface area contributed by atoms with Crippen LogP contribution in [0.5, 0.6) is 5.75 Å². The predicted octanol–water partition coefficient (Wildman–Crippen LogP) is 1.59. The number of nitrogens with zero attached hydrogens (tertiary/aromatic N) is 1. The second kappa shape index (κ2) is 4.40. The molecule has 1 saturated heterocycles. The van der Waals surface area contributed by atoms with Gasteiger partial charge in [0, 0.05) is 10.7 Å². The molecule has 1 unspecified atom stereocenters. The minimum atomic E-state index is -4.22.